The number of anilines is 2. The molecule has 0 aliphatic rings. The van der Waals surface area contributed by atoms with Crippen molar-refractivity contribution in [2.75, 3.05) is 10.6 Å². The van der Waals surface area contributed by atoms with Gasteiger partial charge >= 0.3 is 0 Å². The summed E-state index contributed by atoms with van der Waals surface area (Å²) in [5, 5.41) is 8.92. The first-order valence-electron chi connectivity index (χ1n) is 9.08. The third-order valence-electron chi connectivity index (χ3n) is 4.13. The van der Waals surface area contributed by atoms with E-state index in [0.717, 1.165) is 11.1 Å². The summed E-state index contributed by atoms with van der Waals surface area (Å²) in [6.07, 6.45) is 0.375. The molecule has 1 aromatic heterocycles. The van der Waals surface area contributed by atoms with Crippen molar-refractivity contribution in [1.29, 1.82) is 0 Å². The maximum absolute atomic E-state index is 13.2. The number of thiophene rings is 1. The number of nitrogens with one attached hydrogen (secondary N) is 2. The zero-order chi connectivity index (χ0) is 21.0. The lowest BCUT2D eigenvalue weighted by Crippen LogP contribution is -2.18. The standard InChI is InChI=1S/C22H20Cl2N2O2S/c1-13(2)10-19(27)26-22-20(16(12-29-22)14-6-4-3-5-7-14)21(28)25-18-11-15(23)8-9-17(18)24/h3-9,11-13H,10H2,1-2H3,(H,25,28)(H,26,27). The molecule has 4 nitrogen and oxygen atoms in total. The number of carbonyl (C=O) groups excluding carboxylic acids is 2. The van der Waals surface area contributed by atoms with Gasteiger partial charge in [0.15, 0.2) is 0 Å². The summed E-state index contributed by atoms with van der Waals surface area (Å²) in [5.74, 6) is -0.281. The lowest BCUT2D eigenvalue weighted by atomic mass is 10.0. The van der Waals surface area contributed by atoms with Gasteiger partial charge in [0.1, 0.15) is 5.00 Å². The zero-order valence-corrected chi connectivity index (χ0v) is 18.3. The Morgan fingerprint density at radius 1 is 1.03 bits per heavy atom. The van der Waals surface area contributed by atoms with E-state index in [4.69, 9.17) is 23.2 Å². The molecule has 0 aliphatic carbocycles. The SMILES string of the molecule is CC(C)CC(=O)Nc1scc(-c2ccccc2)c1C(=O)Nc1cc(Cl)ccc1Cl. The van der Waals surface area contributed by atoms with Gasteiger partial charge < -0.3 is 10.6 Å². The van der Waals surface area contributed by atoms with Gasteiger partial charge in [-0.05, 0) is 29.7 Å². The fourth-order valence-electron chi connectivity index (χ4n) is 2.83. The highest BCUT2D eigenvalue weighted by atomic mass is 35.5. The second-order valence-corrected chi connectivity index (χ2v) is 8.67. The first kappa shape index (κ1) is 21.4. The maximum atomic E-state index is 13.2. The number of rotatable bonds is 6. The van der Waals surface area contributed by atoms with Crippen molar-refractivity contribution in [3.63, 3.8) is 0 Å². The van der Waals surface area contributed by atoms with Crippen molar-refractivity contribution in [3.8, 4) is 11.1 Å². The molecule has 0 radical (unpaired) electrons. The van der Waals surface area contributed by atoms with Crippen LogP contribution in [0, 0.1) is 5.92 Å². The predicted octanol–water partition coefficient (Wildman–Crippen LogP) is 6.96. The second kappa shape index (κ2) is 9.44. The van der Waals surface area contributed by atoms with Crippen LogP contribution in [0.4, 0.5) is 10.7 Å². The van der Waals surface area contributed by atoms with E-state index in [-0.39, 0.29) is 17.7 Å². The summed E-state index contributed by atoms with van der Waals surface area (Å²) < 4.78 is 0. The molecule has 2 N–H and O–H groups in total. The molecule has 3 rings (SSSR count). The summed E-state index contributed by atoms with van der Waals surface area (Å²) in [5.41, 5.74) is 2.43. The molecular weight excluding hydrogens is 427 g/mol. The molecule has 150 valence electrons. The Hall–Kier alpha value is -2.34. The van der Waals surface area contributed by atoms with Gasteiger partial charge in [0.25, 0.3) is 5.91 Å². The molecule has 0 saturated heterocycles. The molecule has 1 heterocycles. The van der Waals surface area contributed by atoms with Crippen LogP contribution in [0.2, 0.25) is 10.0 Å². The highest BCUT2D eigenvalue weighted by molar-refractivity contribution is 7.15. The minimum absolute atomic E-state index is 0.128. The van der Waals surface area contributed by atoms with Crippen LogP contribution in [-0.2, 0) is 4.79 Å². The predicted molar refractivity (Wildman–Crippen MR) is 122 cm³/mol. The molecule has 0 bridgehead atoms. The molecule has 0 atom stereocenters. The Labute approximate surface area is 183 Å². The van der Waals surface area contributed by atoms with Crippen molar-refractivity contribution in [3.05, 3.63) is 69.5 Å². The molecule has 0 saturated carbocycles. The smallest absolute Gasteiger partial charge is 0.259 e. The normalized spacial score (nSPS) is 10.8. The van der Waals surface area contributed by atoms with Crippen LogP contribution >= 0.6 is 34.5 Å². The Kier molecular flexibility index (Phi) is 6.96. The van der Waals surface area contributed by atoms with Crippen molar-refractivity contribution in [2.45, 2.75) is 20.3 Å². The first-order valence-corrected chi connectivity index (χ1v) is 10.7. The quantitative estimate of drug-likeness (QED) is 0.429. The van der Waals surface area contributed by atoms with E-state index < -0.39 is 0 Å². The van der Waals surface area contributed by atoms with Crippen molar-refractivity contribution < 1.29 is 9.59 Å². The number of amides is 2. The highest BCUT2D eigenvalue weighted by Gasteiger charge is 2.22. The minimum atomic E-state index is -0.367. The van der Waals surface area contributed by atoms with Crippen molar-refractivity contribution in [2.24, 2.45) is 5.92 Å². The Morgan fingerprint density at radius 2 is 1.76 bits per heavy atom. The van der Waals surface area contributed by atoms with E-state index >= 15 is 0 Å². The molecule has 29 heavy (non-hydrogen) atoms. The lowest BCUT2D eigenvalue weighted by Gasteiger charge is -2.12. The fraction of sp³-hybridized carbons (Fsp3) is 0.182. The summed E-state index contributed by atoms with van der Waals surface area (Å²) in [4.78, 5) is 25.5. The van der Waals surface area contributed by atoms with E-state index in [9.17, 15) is 9.59 Å². The molecule has 2 aromatic carbocycles. The van der Waals surface area contributed by atoms with Crippen LogP contribution in [0.15, 0.2) is 53.9 Å². The van der Waals surface area contributed by atoms with Gasteiger partial charge in [-0.1, -0.05) is 67.4 Å². The van der Waals surface area contributed by atoms with Crippen LogP contribution in [0.3, 0.4) is 0 Å². The molecule has 3 aromatic rings. The monoisotopic (exact) mass is 446 g/mol. The third kappa shape index (κ3) is 5.38. The summed E-state index contributed by atoms with van der Waals surface area (Å²) >= 11 is 13.6. The van der Waals surface area contributed by atoms with Crippen LogP contribution in [0.1, 0.15) is 30.6 Å². The van der Waals surface area contributed by atoms with Crippen LogP contribution in [0.25, 0.3) is 11.1 Å². The second-order valence-electron chi connectivity index (χ2n) is 6.94. The first-order chi connectivity index (χ1) is 13.8. The molecular formula is C22H20Cl2N2O2S. The van der Waals surface area contributed by atoms with Gasteiger partial charge in [0.2, 0.25) is 5.91 Å². The van der Waals surface area contributed by atoms with Crippen LogP contribution in [0.5, 0.6) is 0 Å². The lowest BCUT2D eigenvalue weighted by molar-refractivity contribution is -0.116. The Bertz CT molecular complexity index is 1030. The third-order valence-corrected chi connectivity index (χ3v) is 5.59. The van der Waals surface area contributed by atoms with Gasteiger partial charge in [-0.2, -0.15) is 0 Å². The topological polar surface area (TPSA) is 58.2 Å². The number of hydrogen-bond acceptors (Lipinski definition) is 3. The van der Waals surface area contributed by atoms with Crippen LogP contribution in [-0.4, -0.2) is 11.8 Å². The summed E-state index contributed by atoms with van der Waals surface area (Å²) in [6.45, 7) is 3.94. The Morgan fingerprint density at radius 3 is 2.45 bits per heavy atom. The van der Waals surface area contributed by atoms with Gasteiger partial charge in [0.05, 0.1) is 16.3 Å². The molecule has 2 amide bonds. The largest absolute Gasteiger partial charge is 0.320 e. The summed E-state index contributed by atoms with van der Waals surface area (Å²) in [7, 11) is 0. The van der Waals surface area contributed by atoms with E-state index in [1.165, 1.54) is 11.3 Å². The molecule has 0 unspecified atom stereocenters. The molecule has 0 spiro atoms. The molecule has 0 aliphatic heterocycles. The zero-order valence-electron chi connectivity index (χ0n) is 16.0. The van der Waals surface area contributed by atoms with Gasteiger partial charge in [-0.3, -0.25) is 9.59 Å². The molecule has 0 fully saturated rings. The van der Waals surface area contributed by atoms with E-state index in [2.05, 4.69) is 10.6 Å². The van der Waals surface area contributed by atoms with E-state index in [1.54, 1.807) is 18.2 Å². The average molecular weight is 447 g/mol. The number of hydrogen-bond donors (Lipinski definition) is 2. The minimum Gasteiger partial charge on any atom is -0.320 e. The van der Waals surface area contributed by atoms with E-state index in [1.807, 2.05) is 49.6 Å². The molecule has 7 heteroatoms. The fourth-order valence-corrected chi connectivity index (χ4v) is 4.15. The highest BCUT2D eigenvalue weighted by Crippen LogP contribution is 2.37. The van der Waals surface area contributed by atoms with Gasteiger partial charge in [-0.25, -0.2) is 0 Å². The maximum Gasteiger partial charge on any atom is 0.259 e. The van der Waals surface area contributed by atoms with Crippen molar-refractivity contribution in [1.82, 2.24) is 0 Å². The number of carbonyl (C=O) groups is 2. The average Bonchev–Trinajstić information content (AvgIpc) is 3.08. The van der Waals surface area contributed by atoms with Gasteiger partial charge in [0, 0.05) is 22.4 Å². The number of halogens is 2. The summed E-state index contributed by atoms with van der Waals surface area (Å²) in [6, 6.07) is 14.4. The van der Waals surface area contributed by atoms with Crippen LogP contribution < -0.4 is 10.6 Å². The Balaban J connectivity index is 1.99. The van der Waals surface area contributed by atoms with Gasteiger partial charge in [-0.15, -0.1) is 11.3 Å². The number of benzene rings is 2. The van der Waals surface area contributed by atoms with E-state index in [0.29, 0.717) is 32.7 Å². The van der Waals surface area contributed by atoms with Crippen molar-refractivity contribution >= 4 is 57.0 Å².